The Kier molecular flexibility index (Phi) is 7.43. The number of hydrogen-bond donors (Lipinski definition) is 1. The molecule has 2 aromatic rings. The Morgan fingerprint density at radius 1 is 1.17 bits per heavy atom. The van der Waals surface area contributed by atoms with Gasteiger partial charge >= 0.3 is 0 Å². The van der Waals surface area contributed by atoms with Crippen LogP contribution in [-0.2, 0) is 11.3 Å². The Bertz CT molecular complexity index is 1060. The van der Waals surface area contributed by atoms with Gasteiger partial charge in [-0.15, -0.1) is 11.8 Å². The maximum atomic E-state index is 12.7. The number of aliphatic hydroxyl groups excluding tert-OH is 1. The maximum Gasteiger partial charge on any atom is 0.293 e. The van der Waals surface area contributed by atoms with E-state index in [4.69, 9.17) is 28.3 Å². The van der Waals surface area contributed by atoms with Gasteiger partial charge in [-0.2, -0.15) is 0 Å². The van der Waals surface area contributed by atoms with E-state index >= 15 is 0 Å². The average Bonchev–Trinajstić information content (AvgIpc) is 2.97. The van der Waals surface area contributed by atoms with E-state index in [0.29, 0.717) is 31.8 Å². The van der Waals surface area contributed by atoms with Crippen LogP contribution in [0.2, 0.25) is 10.0 Å². The van der Waals surface area contributed by atoms with Crippen molar-refractivity contribution in [2.45, 2.75) is 11.4 Å². The molecule has 156 valence electrons. The van der Waals surface area contributed by atoms with Crippen LogP contribution in [0.1, 0.15) is 11.1 Å². The molecule has 3 rings (SSSR count). The molecule has 0 spiro atoms. The van der Waals surface area contributed by atoms with Crippen LogP contribution in [0.4, 0.5) is 10.5 Å². The molecule has 1 saturated heterocycles. The first-order valence-corrected chi connectivity index (χ1v) is 11.1. The number of carbonyl (C=O) groups is 2. The van der Waals surface area contributed by atoms with E-state index < -0.39 is 16.1 Å². The number of nitro benzene ring substituents is 1. The van der Waals surface area contributed by atoms with Crippen molar-refractivity contribution in [2.75, 3.05) is 12.4 Å². The number of imide groups is 1. The summed E-state index contributed by atoms with van der Waals surface area (Å²) in [5, 5.41) is 20.5. The number of rotatable bonds is 7. The maximum absolute atomic E-state index is 12.7. The molecule has 1 fully saturated rings. The van der Waals surface area contributed by atoms with Crippen LogP contribution < -0.4 is 0 Å². The number of nitrogens with zero attached hydrogens (tertiary/aromatic N) is 2. The Labute approximate surface area is 190 Å². The fourth-order valence-electron chi connectivity index (χ4n) is 2.65. The zero-order valence-electron chi connectivity index (χ0n) is 15.2. The average molecular weight is 485 g/mol. The van der Waals surface area contributed by atoms with Crippen molar-refractivity contribution >= 4 is 69.6 Å². The fourth-order valence-corrected chi connectivity index (χ4v) is 4.57. The van der Waals surface area contributed by atoms with Gasteiger partial charge in [-0.1, -0.05) is 35.3 Å². The van der Waals surface area contributed by atoms with Gasteiger partial charge in [-0.05, 0) is 47.2 Å². The molecule has 0 atom stereocenters. The molecule has 0 aliphatic carbocycles. The third-order valence-electron chi connectivity index (χ3n) is 4.02. The summed E-state index contributed by atoms with van der Waals surface area (Å²) in [4.78, 5) is 37.5. The van der Waals surface area contributed by atoms with Crippen LogP contribution >= 0.6 is 46.7 Å². The van der Waals surface area contributed by atoms with E-state index in [1.54, 1.807) is 30.3 Å². The van der Waals surface area contributed by atoms with Crippen LogP contribution in [0, 0.1) is 10.1 Å². The lowest BCUT2D eigenvalue weighted by molar-refractivity contribution is -0.387. The molecule has 11 heteroatoms. The van der Waals surface area contributed by atoms with Crippen molar-refractivity contribution in [2.24, 2.45) is 0 Å². The highest BCUT2D eigenvalue weighted by Crippen LogP contribution is 2.36. The molecule has 1 N–H and O–H groups in total. The monoisotopic (exact) mass is 484 g/mol. The lowest BCUT2D eigenvalue weighted by Crippen LogP contribution is -2.27. The number of carbonyl (C=O) groups excluding carboxylic acids is 2. The summed E-state index contributed by atoms with van der Waals surface area (Å²) in [6.07, 6.45) is 1.45. The smallest absolute Gasteiger partial charge is 0.293 e. The van der Waals surface area contributed by atoms with E-state index in [-0.39, 0.29) is 23.7 Å². The zero-order valence-corrected chi connectivity index (χ0v) is 18.4. The first-order valence-electron chi connectivity index (χ1n) is 8.51. The van der Waals surface area contributed by atoms with Crippen LogP contribution in [-0.4, -0.2) is 38.4 Å². The van der Waals surface area contributed by atoms with Crippen molar-refractivity contribution < 1.29 is 19.6 Å². The second-order valence-corrected chi connectivity index (χ2v) is 9.02. The topological polar surface area (TPSA) is 101 Å². The van der Waals surface area contributed by atoms with E-state index in [1.165, 1.54) is 12.1 Å². The van der Waals surface area contributed by atoms with Crippen molar-refractivity contribution in [3.63, 3.8) is 0 Å². The molecule has 1 heterocycles. The van der Waals surface area contributed by atoms with Gasteiger partial charge in [0.15, 0.2) is 0 Å². The largest absolute Gasteiger partial charge is 0.396 e. The van der Waals surface area contributed by atoms with E-state index in [9.17, 15) is 19.7 Å². The summed E-state index contributed by atoms with van der Waals surface area (Å²) >= 11 is 13.8. The van der Waals surface area contributed by atoms with Gasteiger partial charge in [0.25, 0.3) is 16.8 Å². The number of amides is 2. The number of nitro groups is 1. The standard InChI is InChI=1S/C19H14Cl2N2O5S2/c20-13-3-1-12(7-14(13)21)10-22-18(25)17(30-19(22)26)9-11-2-4-16(29-6-5-24)15(8-11)23(27)28/h1-4,7-9,24H,5-6,10H2/b17-9-. The number of thioether (sulfide) groups is 2. The molecular formula is C19H14Cl2N2O5S2. The minimum Gasteiger partial charge on any atom is -0.396 e. The first-order chi connectivity index (χ1) is 14.3. The summed E-state index contributed by atoms with van der Waals surface area (Å²) in [6, 6.07) is 9.37. The number of aliphatic hydroxyl groups is 1. The molecule has 2 amide bonds. The fraction of sp³-hybridized carbons (Fsp3) is 0.158. The summed E-state index contributed by atoms with van der Waals surface area (Å²) in [5.41, 5.74) is 0.946. The third kappa shape index (κ3) is 5.16. The minimum atomic E-state index is -0.521. The molecule has 1 aliphatic rings. The normalized spacial score (nSPS) is 15.3. The molecule has 30 heavy (non-hydrogen) atoms. The first kappa shape index (κ1) is 22.6. The lowest BCUT2D eigenvalue weighted by atomic mass is 10.1. The highest BCUT2D eigenvalue weighted by molar-refractivity contribution is 8.18. The zero-order chi connectivity index (χ0) is 21.8. The van der Waals surface area contributed by atoms with Gasteiger partial charge in [0.1, 0.15) is 0 Å². The molecule has 2 aromatic carbocycles. The number of benzene rings is 2. The Morgan fingerprint density at radius 3 is 2.60 bits per heavy atom. The van der Waals surface area contributed by atoms with Gasteiger partial charge in [-0.3, -0.25) is 24.6 Å². The third-order valence-corrected chi connectivity index (χ3v) is 6.71. The summed E-state index contributed by atoms with van der Waals surface area (Å²) in [6.45, 7) is -0.0642. The second kappa shape index (κ2) is 9.84. The van der Waals surface area contributed by atoms with Crippen LogP contribution in [0.3, 0.4) is 0 Å². The molecule has 0 radical (unpaired) electrons. The summed E-state index contributed by atoms with van der Waals surface area (Å²) < 4.78 is 0. The Hall–Kier alpha value is -2.04. The Morgan fingerprint density at radius 2 is 1.93 bits per heavy atom. The van der Waals surface area contributed by atoms with Crippen LogP contribution in [0.15, 0.2) is 46.2 Å². The van der Waals surface area contributed by atoms with Gasteiger partial charge < -0.3 is 5.11 Å². The van der Waals surface area contributed by atoms with Crippen molar-refractivity contribution in [3.8, 4) is 0 Å². The van der Waals surface area contributed by atoms with Crippen molar-refractivity contribution in [3.05, 3.63) is 72.6 Å². The molecule has 0 unspecified atom stereocenters. The van der Waals surface area contributed by atoms with Gasteiger partial charge in [0.2, 0.25) is 0 Å². The molecule has 7 nitrogen and oxygen atoms in total. The highest BCUT2D eigenvalue weighted by atomic mass is 35.5. The summed E-state index contributed by atoms with van der Waals surface area (Å²) in [7, 11) is 0. The van der Waals surface area contributed by atoms with Crippen molar-refractivity contribution in [1.82, 2.24) is 4.90 Å². The molecule has 0 saturated carbocycles. The highest BCUT2D eigenvalue weighted by Gasteiger charge is 2.35. The molecule has 0 bridgehead atoms. The Balaban J connectivity index is 1.83. The lowest BCUT2D eigenvalue weighted by Gasteiger charge is -2.12. The summed E-state index contributed by atoms with van der Waals surface area (Å²) in [5.74, 6) is -0.161. The quantitative estimate of drug-likeness (QED) is 0.248. The molecule has 1 aliphatic heterocycles. The van der Waals surface area contributed by atoms with Gasteiger partial charge in [0, 0.05) is 11.8 Å². The van der Waals surface area contributed by atoms with Gasteiger partial charge in [-0.25, -0.2) is 0 Å². The molecular weight excluding hydrogens is 471 g/mol. The predicted molar refractivity (Wildman–Crippen MR) is 119 cm³/mol. The molecule has 0 aromatic heterocycles. The van der Waals surface area contributed by atoms with Crippen LogP contribution in [0.25, 0.3) is 6.08 Å². The number of hydrogen-bond acceptors (Lipinski definition) is 7. The minimum absolute atomic E-state index is 0.0375. The van der Waals surface area contributed by atoms with Crippen LogP contribution in [0.5, 0.6) is 0 Å². The second-order valence-electron chi connectivity index (χ2n) is 6.07. The SMILES string of the molecule is O=C1S/C(=C\c2ccc(SCCO)c([N+](=O)[O-])c2)C(=O)N1Cc1ccc(Cl)c(Cl)c1. The van der Waals surface area contributed by atoms with E-state index in [0.717, 1.165) is 28.4 Å². The van der Waals surface area contributed by atoms with Crippen molar-refractivity contribution in [1.29, 1.82) is 0 Å². The van der Waals surface area contributed by atoms with E-state index in [2.05, 4.69) is 0 Å². The predicted octanol–water partition coefficient (Wildman–Crippen LogP) is 5.22. The van der Waals surface area contributed by atoms with E-state index in [1.807, 2.05) is 0 Å². The number of halogens is 2. The van der Waals surface area contributed by atoms with Gasteiger partial charge in [0.05, 0.1) is 37.9 Å².